The molecule has 164 valence electrons. The van der Waals surface area contributed by atoms with Crippen molar-refractivity contribution in [3.8, 4) is 0 Å². The molecule has 1 aromatic rings. The van der Waals surface area contributed by atoms with E-state index >= 15 is 0 Å². The van der Waals surface area contributed by atoms with Crippen LogP contribution < -0.4 is 15.7 Å². The van der Waals surface area contributed by atoms with Crippen molar-refractivity contribution < 1.29 is 38.6 Å². The van der Waals surface area contributed by atoms with Gasteiger partial charge in [-0.3, -0.25) is 19.2 Å². The topological polar surface area (TPSA) is 151 Å². The number of aliphatic carboxylic acids is 1. The summed E-state index contributed by atoms with van der Waals surface area (Å²) in [6, 6.07) is 0. The predicted octanol–water partition coefficient (Wildman–Crippen LogP) is 1.19. The van der Waals surface area contributed by atoms with Gasteiger partial charge in [0.25, 0.3) is 11.8 Å². The zero-order valence-electron chi connectivity index (χ0n) is 15.7. The molecule has 0 fully saturated rings. The summed E-state index contributed by atoms with van der Waals surface area (Å²) in [5.74, 6) is -3.70. The summed E-state index contributed by atoms with van der Waals surface area (Å²) in [4.78, 5) is 57.1. The van der Waals surface area contributed by atoms with Crippen LogP contribution in [-0.2, 0) is 39.9 Å². The molecule has 0 aliphatic heterocycles. The van der Waals surface area contributed by atoms with Crippen LogP contribution in [-0.4, -0.2) is 42.9 Å². The molecule has 1 rings (SSSR count). The van der Waals surface area contributed by atoms with Crippen LogP contribution in [0.1, 0.15) is 25.8 Å². The maximum absolute atomic E-state index is 12.1. The molecule has 0 aliphatic rings. The number of carboxylic acids is 1. The number of carboxylic acid groups (broad SMARTS) is 1. The SMILES string of the molecule is CC(=O)OCC(=O)Nc1c(I)c(CCC(=O)[O-])c(I)c(NC(=O)COC(C)=O)c1I. The van der Waals surface area contributed by atoms with E-state index in [-0.39, 0.29) is 12.8 Å². The second-order valence-corrected chi connectivity index (χ2v) is 8.94. The van der Waals surface area contributed by atoms with Gasteiger partial charge in [-0.05, 0) is 86.2 Å². The Morgan fingerprint density at radius 1 is 0.800 bits per heavy atom. The Balaban J connectivity index is 3.33. The van der Waals surface area contributed by atoms with Gasteiger partial charge in [-0.2, -0.15) is 0 Å². The molecule has 13 heteroatoms. The average Bonchev–Trinajstić information content (AvgIpc) is 2.65. The van der Waals surface area contributed by atoms with Crippen LogP contribution in [0.15, 0.2) is 0 Å². The molecule has 0 unspecified atom stereocenters. The number of carbonyl (C=O) groups excluding carboxylic acids is 5. The number of benzene rings is 1. The summed E-state index contributed by atoms with van der Waals surface area (Å²) in [5.41, 5.74) is 1.22. The number of esters is 2. The normalized spacial score (nSPS) is 10.2. The first-order valence-electron chi connectivity index (χ1n) is 8.19. The van der Waals surface area contributed by atoms with Gasteiger partial charge in [-0.25, -0.2) is 0 Å². The molecule has 2 amide bonds. The van der Waals surface area contributed by atoms with E-state index in [1.165, 1.54) is 13.8 Å². The van der Waals surface area contributed by atoms with Gasteiger partial charge >= 0.3 is 11.9 Å². The lowest BCUT2D eigenvalue weighted by Gasteiger charge is -2.20. The highest BCUT2D eigenvalue weighted by Gasteiger charge is 2.23. The smallest absolute Gasteiger partial charge is 0.303 e. The highest BCUT2D eigenvalue weighted by molar-refractivity contribution is 14.1. The number of hydrogen-bond acceptors (Lipinski definition) is 8. The fraction of sp³-hybridized carbons (Fsp3) is 0.353. The lowest BCUT2D eigenvalue weighted by atomic mass is 10.1. The van der Waals surface area contributed by atoms with E-state index in [9.17, 15) is 29.1 Å². The van der Waals surface area contributed by atoms with E-state index in [0.29, 0.717) is 27.6 Å². The predicted molar refractivity (Wildman–Crippen MR) is 128 cm³/mol. The molecule has 30 heavy (non-hydrogen) atoms. The minimum atomic E-state index is -1.25. The first-order chi connectivity index (χ1) is 13.9. The van der Waals surface area contributed by atoms with E-state index in [4.69, 9.17) is 0 Å². The highest BCUT2D eigenvalue weighted by Crippen LogP contribution is 2.39. The van der Waals surface area contributed by atoms with Gasteiger partial charge in [-0.1, -0.05) is 0 Å². The molecule has 0 aromatic heterocycles. The molecule has 0 radical (unpaired) electrons. The Kier molecular flexibility index (Phi) is 11.2. The number of carbonyl (C=O) groups is 5. The van der Waals surface area contributed by atoms with E-state index in [2.05, 4.69) is 20.1 Å². The molecular weight excluding hydrogens is 741 g/mol. The van der Waals surface area contributed by atoms with E-state index in [0.717, 1.165) is 0 Å². The molecule has 1 aromatic carbocycles. The number of amides is 2. The first-order valence-corrected chi connectivity index (χ1v) is 11.4. The summed E-state index contributed by atoms with van der Waals surface area (Å²) in [6.07, 6.45) is -0.177. The zero-order valence-corrected chi connectivity index (χ0v) is 22.2. The Labute approximate surface area is 212 Å². The van der Waals surface area contributed by atoms with Crippen LogP contribution in [0.25, 0.3) is 0 Å². The first kappa shape index (κ1) is 26.8. The average molecular weight is 757 g/mol. The molecule has 0 saturated carbocycles. The van der Waals surface area contributed by atoms with E-state index in [1.807, 2.05) is 67.8 Å². The fourth-order valence-electron chi connectivity index (χ4n) is 2.07. The number of halogens is 3. The van der Waals surface area contributed by atoms with Crippen molar-refractivity contribution in [2.24, 2.45) is 0 Å². The van der Waals surface area contributed by atoms with Crippen LogP contribution in [0.4, 0.5) is 11.4 Å². The van der Waals surface area contributed by atoms with Crippen LogP contribution in [0.5, 0.6) is 0 Å². The summed E-state index contributed by atoms with van der Waals surface area (Å²) in [6.45, 7) is 1.33. The van der Waals surface area contributed by atoms with Gasteiger partial charge in [0, 0.05) is 27.0 Å². The van der Waals surface area contributed by atoms with Gasteiger partial charge in [0.2, 0.25) is 0 Å². The quantitative estimate of drug-likeness (QED) is 0.282. The molecule has 0 bridgehead atoms. The molecule has 0 spiro atoms. The third-order valence-electron chi connectivity index (χ3n) is 3.33. The summed E-state index contributed by atoms with van der Waals surface area (Å²) in [7, 11) is 0. The third kappa shape index (κ3) is 8.48. The molecule has 0 saturated heterocycles. The van der Waals surface area contributed by atoms with Crippen LogP contribution in [0, 0.1) is 10.7 Å². The summed E-state index contributed by atoms with van der Waals surface area (Å²) >= 11 is 5.84. The Morgan fingerprint density at radius 2 is 1.20 bits per heavy atom. The molecule has 2 N–H and O–H groups in total. The second-order valence-electron chi connectivity index (χ2n) is 5.70. The fourth-order valence-corrected chi connectivity index (χ4v) is 6.31. The zero-order chi connectivity index (χ0) is 23.0. The number of ether oxygens (including phenoxy) is 2. The lowest BCUT2D eigenvalue weighted by molar-refractivity contribution is -0.305. The van der Waals surface area contributed by atoms with Crippen molar-refractivity contribution in [3.05, 3.63) is 16.3 Å². The van der Waals surface area contributed by atoms with Gasteiger partial charge in [0.1, 0.15) is 0 Å². The van der Waals surface area contributed by atoms with Gasteiger partial charge < -0.3 is 30.0 Å². The lowest BCUT2D eigenvalue weighted by Crippen LogP contribution is -2.25. The van der Waals surface area contributed by atoms with Crippen LogP contribution >= 0.6 is 67.8 Å². The van der Waals surface area contributed by atoms with Crippen molar-refractivity contribution in [2.45, 2.75) is 26.7 Å². The van der Waals surface area contributed by atoms with Crippen molar-refractivity contribution in [1.29, 1.82) is 0 Å². The van der Waals surface area contributed by atoms with Crippen molar-refractivity contribution >= 4 is 109 Å². The van der Waals surface area contributed by atoms with Gasteiger partial charge in [-0.15, -0.1) is 0 Å². The van der Waals surface area contributed by atoms with Crippen LogP contribution in [0.2, 0.25) is 0 Å². The Hall–Kier alpha value is -1.24. The number of rotatable bonds is 9. The molecule has 0 aliphatic carbocycles. The van der Waals surface area contributed by atoms with Gasteiger partial charge in [0.15, 0.2) is 13.2 Å². The standard InChI is InChI=1S/C17H17I3N2O8/c1-7(23)29-5-10(25)21-16-13(18)9(3-4-12(27)28)14(19)17(15(16)20)22-11(26)6-30-8(2)24/h3-6H2,1-2H3,(H,21,25)(H,22,26)(H,27,28)/p-1. The molecular formula is C17H16I3N2O8-. The molecule has 10 nitrogen and oxygen atoms in total. The summed E-state index contributed by atoms with van der Waals surface area (Å²) in [5, 5.41) is 16.2. The monoisotopic (exact) mass is 757 g/mol. The number of anilines is 2. The minimum absolute atomic E-state index is 0.0927. The maximum atomic E-state index is 12.1. The Bertz CT molecular complexity index is 829. The molecule has 0 heterocycles. The van der Waals surface area contributed by atoms with Gasteiger partial charge in [0.05, 0.1) is 14.9 Å². The summed E-state index contributed by atoms with van der Waals surface area (Å²) < 4.78 is 10.9. The third-order valence-corrected chi connectivity index (χ3v) is 6.79. The minimum Gasteiger partial charge on any atom is -0.550 e. The maximum Gasteiger partial charge on any atom is 0.303 e. The highest BCUT2D eigenvalue weighted by atomic mass is 127. The largest absolute Gasteiger partial charge is 0.550 e. The Morgan fingerprint density at radius 3 is 1.53 bits per heavy atom. The van der Waals surface area contributed by atoms with Crippen molar-refractivity contribution in [3.63, 3.8) is 0 Å². The van der Waals surface area contributed by atoms with Crippen molar-refractivity contribution in [2.75, 3.05) is 23.8 Å². The number of hydrogen-bond donors (Lipinski definition) is 2. The van der Waals surface area contributed by atoms with E-state index in [1.54, 1.807) is 0 Å². The van der Waals surface area contributed by atoms with Crippen LogP contribution in [0.3, 0.4) is 0 Å². The number of nitrogens with one attached hydrogen (secondary N) is 2. The second kappa shape index (κ2) is 12.6. The van der Waals surface area contributed by atoms with Crippen molar-refractivity contribution in [1.82, 2.24) is 0 Å². The molecule has 0 atom stereocenters. The van der Waals surface area contributed by atoms with E-state index < -0.39 is 42.9 Å².